The van der Waals surface area contributed by atoms with Gasteiger partial charge in [0.15, 0.2) is 0 Å². The molecule has 3 heterocycles. The third-order valence-electron chi connectivity index (χ3n) is 5.85. The van der Waals surface area contributed by atoms with Gasteiger partial charge in [0, 0.05) is 37.4 Å². The summed E-state index contributed by atoms with van der Waals surface area (Å²) in [4.78, 5) is 33.7. The van der Waals surface area contributed by atoms with Gasteiger partial charge < -0.3 is 15.1 Å². The normalized spacial score (nSPS) is 19.3. The number of hydrogen-bond acceptors (Lipinski definition) is 4. The number of anilines is 1. The van der Waals surface area contributed by atoms with E-state index in [1.54, 1.807) is 22.4 Å². The first-order valence-electron chi connectivity index (χ1n) is 9.39. The molecule has 7 heteroatoms. The number of piperidine rings is 1. The third-order valence-corrected chi connectivity index (χ3v) is 6.74. The van der Waals surface area contributed by atoms with Gasteiger partial charge in [-0.3, -0.25) is 4.79 Å². The van der Waals surface area contributed by atoms with Gasteiger partial charge in [-0.25, -0.2) is 9.78 Å². The number of para-hydroxylation sites is 1. The molecule has 1 atom stereocenters. The Balaban J connectivity index is 1.46. The maximum atomic E-state index is 13.0. The maximum absolute atomic E-state index is 13.0. The van der Waals surface area contributed by atoms with Crippen molar-refractivity contribution in [3.05, 3.63) is 46.4 Å². The number of thiazole rings is 1. The van der Waals surface area contributed by atoms with E-state index in [1.165, 1.54) is 0 Å². The molecule has 0 bridgehead atoms. The largest absolute Gasteiger partial charge is 0.329 e. The van der Waals surface area contributed by atoms with Crippen LogP contribution in [0, 0.1) is 0 Å². The van der Waals surface area contributed by atoms with Crippen LogP contribution in [0.2, 0.25) is 0 Å². The van der Waals surface area contributed by atoms with Crippen molar-refractivity contribution in [2.75, 3.05) is 25.0 Å². The Morgan fingerprint density at radius 2 is 2.07 bits per heavy atom. The number of urea groups is 1. The van der Waals surface area contributed by atoms with Gasteiger partial charge in [0.2, 0.25) is 5.91 Å². The highest BCUT2D eigenvalue weighted by molar-refractivity contribution is 7.09. The topological polar surface area (TPSA) is 65.5 Å². The lowest BCUT2D eigenvalue weighted by Gasteiger charge is -2.38. The summed E-state index contributed by atoms with van der Waals surface area (Å²) in [5, 5.41) is 5.95. The molecule has 1 aromatic heterocycles. The zero-order valence-electron chi connectivity index (χ0n) is 15.6. The Bertz CT molecular complexity index is 843. The van der Waals surface area contributed by atoms with Gasteiger partial charge in [-0.05, 0) is 30.9 Å². The molecule has 1 N–H and O–H groups in total. The summed E-state index contributed by atoms with van der Waals surface area (Å²) in [5.74, 6) is 0.151. The van der Waals surface area contributed by atoms with Crippen LogP contribution in [0.3, 0.4) is 0 Å². The zero-order valence-corrected chi connectivity index (χ0v) is 16.5. The van der Waals surface area contributed by atoms with Gasteiger partial charge in [0.1, 0.15) is 5.01 Å². The fourth-order valence-corrected chi connectivity index (χ4v) is 5.05. The Morgan fingerprint density at radius 1 is 1.33 bits per heavy atom. The number of nitrogens with zero attached hydrogens (tertiary/aromatic N) is 3. The molecule has 0 radical (unpaired) electrons. The SMILES string of the molecule is CCC(NC(=O)N1CCC2(CC1)C(=O)N(C)c1ccccc12)c1nccs1. The van der Waals surface area contributed by atoms with Crippen LogP contribution in [-0.2, 0) is 10.2 Å². The van der Waals surface area contributed by atoms with E-state index in [1.807, 2.05) is 42.5 Å². The van der Waals surface area contributed by atoms with E-state index < -0.39 is 5.41 Å². The van der Waals surface area contributed by atoms with Crippen molar-refractivity contribution >= 4 is 29.0 Å². The van der Waals surface area contributed by atoms with Gasteiger partial charge >= 0.3 is 6.03 Å². The summed E-state index contributed by atoms with van der Waals surface area (Å²) in [7, 11) is 1.84. The van der Waals surface area contributed by atoms with E-state index in [0.717, 1.165) is 22.7 Å². The number of nitrogens with one attached hydrogen (secondary N) is 1. The number of hydrogen-bond donors (Lipinski definition) is 1. The standard InChI is InChI=1S/C20H24N4O2S/c1-3-15(17-21-10-13-27-17)22-19(26)24-11-8-20(9-12-24)14-6-4-5-7-16(14)23(2)18(20)25/h4-7,10,13,15H,3,8-9,11-12H2,1-2H3,(H,22,26). The van der Waals surface area contributed by atoms with Gasteiger partial charge in [-0.2, -0.15) is 0 Å². The second-order valence-corrected chi connectivity index (χ2v) is 8.16. The minimum Gasteiger partial charge on any atom is -0.329 e. The molecule has 3 amide bonds. The first-order chi connectivity index (χ1) is 13.1. The fraction of sp³-hybridized carbons (Fsp3) is 0.450. The van der Waals surface area contributed by atoms with Crippen LogP contribution in [0.4, 0.5) is 10.5 Å². The lowest BCUT2D eigenvalue weighted by atomic mass is 9.73. The molecule has 4 rings (SSSR count). The number of carbonyl (C=O) groups is 2. The number of benzene rings is 1. The predicted octanol–water partition coefficient (Wildman–Crippen LogP) is 3.31. The molecule has 1 aromatic carbocycles. The molecular formula is C20H24N4O2S. The minimum atomic E-state index is -0.485. The van der Waals surface area contributed by atoms with Crippen molar-refractivity contribution in [1.82, 2.24) is 15.2 Å². The van der Waals surface area contributed by atoms with Gasteiger partial charge in [-0.1, -0.05) is 25.1 Å². The molecule has 142 valence electrons. The highest BCUT2D eigenvalue weighted by atomic mass is 32.1. The van der Waals surface area contributed by atoms with Crippen LogP contribution in [0.25, 0.3) is 0 Å². The average molecular weight is 385 g/mol. The molecule has 0 aliphatic carbocycles. The van der Waals surface area contributed by atoms with Crippen LogP contribution in [0.15, 0.2) is 35.8 Å². The molecular weight excluding hydrogens is 360 g/mol. The van der Waals surface area contributed by atoms with E-state index >= 15 is 0 Å². The molecule has 1 saturated heterocycles. The first kappa shape index (κ1) is 18.0. The molecule has 27 heavy (non-hydrogen) atoms. The lowest BCUT2D eigenvalue weighted by Crippen LogP contribution is -2.52. The third kappa shape index (κ3) is 2.90. The van der Waals surface area contributed by atoms with Gasteiger partial charge in [0.05, 0.1) is 11.5 Å². The highest BCUT2D eigenvalue weighted by Crippen LogP contribution is 2.47. The molecule has 1 fully saturated rings. The van der Waals surface area contributed by atoms with Crippen LogP contribution in [0.1, 0.15) is 42.8 Å². The van der Waals surface area contributed by atoms with E-state index in [4.69, 9.17) is 0 Å². The number of rotatable bonds is 3. The minimum absolute atomic E-state index is 0.0617. The maximum Gasteiger partial charge on any atom is 0.317 e. The Morgan fingerprint density at radius 3 is 2.74 bits per heavy atom. The summed E-state index contributed by atoms with van der Waals surface area (Å²) >= 11 is 1.56. The number of fused-ring (bicyclic) bond motifs is 2. The number of carbonyl (C=O) groups excluding carboxylic acids is 2. The Kier molecular flexibility index (Phi) is 4.63. The van der Waals surface area contributed by atoms with Crippen molar-refractivity contribution in [3.63, 3.8) is 0 Å². The van der Waals surface area contributed by atoms with Gasteiger partial charge in [-0.15, -0.1) is 11.3 Å². The van der Waals surface area contributed by atoms with Crippen molar-refractivity contribution in [2.45, 2.75) is 37.6 Å². The smallest absolute Gasteiger partial charge is 0.317 e. The average Bonchev–Trinajstić information content (AvgIpc) is 3.31. The number of likely N-dealkylation sites (N-methyl/N-ethyl adjacent to an activating group) is 1. The molecule has 1 unspecified atom stereocenters. The van der Waals surface area contributed by atoms with Crippen molar-refractivity contribution in [2.24, 2.45) is 0 Å². The van der Waals surface area contributed by atoms with E-state index in [0.29, 0.717) is 25.9 Å². The van der Waals surface area contributed by atoms with E-state index in [-0.39, 0.29) is 18.0 Å². The molecule has 0 saturated carbocycles. The summed E-state index contributed by atoms with van der Waals surface area (Å²) in [6.45, 7) is 3.20. The number of aromatic nitrogens is 1. The van der Waals surface area contributed by atoms with Crippen LogP contribution in [0.5, 0.6) is 0 Å². The molecule has 2 aliphatic rings. The summed E-state index contributed by atoms with van der Waals surface area (Å²) in [6.07, 6.45) is 3.89. The first-order valence-corrected chi connectivity index (χ1v) is 10.3. The summed E-state index contributed by atoms with van der Waals surface area (Å²) < 4.78 is 0. The Labute approximate surface area is 163 Å². The van der Waals surface area contributed by atoms with Crippen LogP contribution >= 0.6 is 11.3 Å². The monoisotopic (exact) mass is 384 g/mol. The van der Waals surface area contributed by atoms with Crippen molar-refractivity contribution < 1.29 is 9.59 Å². The predicted molar refractivity (Wildman–Crippen MR) is 106 cm³/mol. The molecule has 1 spiro atoms. The molecule has 2 aliphatic heterocycles. The van der Waals surface area contributed by atoms with Crippen LogP contribution in [-0.4, -0.2) is 42.0 Å². The summed E-state index contributed by atoms with van der Waals surface area (Å²) in [6, 6.07) is 7.88. The second-order valence-electron chi connectivity index (χ2n) is 7.23. The van der Waals surface area contributed by atoms with Crippen LogP contribution < -0.4 is 10.2 Å². The number of amides is 3. The fourth-order valence-electron chi connectivity index (χ4n) is 4.28. The molecule has 6 nitrogen and oxygen atoms in total. The Hall–Kier alpha value is -2.41. The lowest BCUT2D eigenvalue weighted by molar-refractivity contribution is -0.124. The quantitative estimate of drug-likeness (QED) is 0.883. The highest BCUT2D eigenvalue weighted by Gasteiger charge is 2.51. The number of likely N-dealkylation sites (tertiary alicyclic amines) is 1. The van der Waals surface area contributed by atoms with Gasteiger partial charge in [0.25, 0.3) is 0 Å². The molecule has 2 aromatic rings. The summed E-state index contributed by atoms with van der Waals surface area (Å²) in [5.41, 5.74) is 1.61. The second kappa shape index (κ2) is 6.96. The zero-order chi connectivity index (χ0) is 19.0. The van der Waals surface area contributed by atoms with Crippen molar-refractivity contribution in [1.29, 1.82) is 0 Å². The van der Waals surface area contributed by atoms with E-state index in [9.17, 15) is 9.59 Å². The van der Waals surface area contributed by atoms with Crippen molar-refractivity contribution in [3.8, 4) is 0 Å². The van der Waals surface area contributed by atoms with E-state index in [2.05, 4.69) is 16.4 Å².